The van der Waals surface area contributed by atoms with Gasteiger partial charge in [0, 0.05) is 6.61 Å². The van der Waals surface area contributed by atoms with Crippen LogP contribution in [0.15, 0.2) is 35.5 Å². The van der Waals surface area contributed by atoms with Gasteiger partial charge in [0.1, 0.15) is 0 Å². The Labute approximate surface area is 146 Å². The van der Waals surface area contributed by atoms with Gasteiger partial charge in [-0.25, -0.2) is 0 Å². The maximum Gasteiger partial charge on any atom is 0.191 e. The second-order valence-corrected chi connectivity index (χ2v) is 13.9. The van der Waals surface area contributed by atoms with Crippen LogP contribution in [-0.2, 0) is 4.43 Å². The third kappa shape index (κ3) is 5.19. The first-order valence-corrected chi connectivity index (χ1v) is 11.9. The highest BCUT2D eigenvalue weighted by Crippen LogP contribution is 2.42. The molecule has 0 N–H and O–H groups in total. The summed E-state index contributed by atoms with van der Waals surface area (Å²) in [7, 11) is -1.64. The minimum atomic E-state index is -1.64. The molecule has 0 aliphatic heterocycles. The fourth-order valence-electron chi connectivity index (χ4n) is 3.20. The number of hydrogen-bond acceptors (Lipinski definition) is 1. The number of allylic oxidation sites excluding steroid dienone is 3. The third-order valence-corrected chi connectivity index (χ3v) is 10.6. The predicted molar refractivity (Wildman–Crippen MR) is 106 cm³/mol. The van der Waals surface area contributed by atoms with Crippen molar-refractivity contribution < 1.29 is 4.43 Å². The van der Waals surface area contributed by atoms with Gasteiger partial charge in [0.05, 0.1) is 0 Å². The lowest BCUT2D eigenvalue weighted by molar-refractivity contribution is 0.284. The van der Waals surface area contributed by atoms with Gasteiger partial charge >= 0.3 is 0 Å². The van der Waals surface area contributed by atoms with Crippen molar-refractivity contribution in [1.29, 1.82) is 0 Å². The van der Waals surface area contributed by atoms with Crippen molar-refractivity contribution in [3.05, 3.63) is 35.5 Å². The molecule has 23 heavy (non-hydrogen) atoms. The average Bonchev–Trinajstić information content (AvgIpc) is 2.38. The molecule has 0 radical (unpaired) electrons. The van der Waals surface area contributed by atoms with Gasteiger partial charge < -0.3 is 4.43 Å². The minimum Gasteiger partial charge on any atom is -0.417 e. The first-order chi connectivity index (χ1) is 10.4. The number of hydrogen-bond donors (Lipinski definition) is 0. The van der Waals surface area contributed by atoms with Crippen molar-refractivity contribution in [2.75, 3.05) is 6.61 Å². The van der Waals surface area contributed by atoms with E-state index >= 15 is 0 Å². The van der Waals surface area contributed by atoms with E-state index in [1.54, 1.807) is 11.1 Å². The molecular formula is C21H38OSi. The zero-order valence-electron chi connectivity index (χ0n) is 16.8. The standard InChI is InChI=1S/C21H38OSi/c1-15(2)19-13-17(5)18(14-20(19)16(3)4)11-12-22-23(9,10)21(6,7)8/h19-20H,1,3,11-14H2,2,4-10H3. The van der Waals surface area contributed by atoms with Crippen LogP contribution in [0.5, 0.6) is 0 Å². The molecular weight excluding hydrogens is 296 g/mol. The van der Waals surface area contributed by atoms with Crippen LogP contribution < -0.4 is 0 Å². The third-order valence-electron chi connectivity index (χ3n) is 6.02. The minimum absolute atomic E-state index is 0.286. The molecule has 0 saturated heterocycles. The topological polar surface area (TPSA) is 9.23 Å². The maximum absolute atomic E-state index is 6.38. The summed E-state index contributed by atoms with van der Waals surface area (Å²) in [4.78, 5) is 0. The van der Waals surface area contributed by atoms with Crippen LogP contribution in [0.4, 0.5) is 0 Å². The smallest absolute Gasteiger partial charge is 0.191 e. The van der Waals surface area contributed by atoms with Gasteiger partial charge in [-0.05, 0) is 70.0 Å². The lowest BCUT2D eigenvalue weighted by atomic mass is 9.70. The molecule has 2 unspecified atom stereocenters. The van der Waals surface area contributed by atoms with Gasteiger partial charge in [-0.3, -0.25) is 0 Å². The van der Waals surface area contributed by atoms with Gasteiger partial charge in [0.15, 0.2) is 8.32 Å². The summed E-state index contributed by atoms with van der Waals surface area (Å²) < 4.78 is 6.38. The Hall–Kier alpha value is -0.603. The van der Waals surface area contributed by atoms with Gasteiger partial charge in [-0.2, -0.15) is 0 Å². The van der Waals surface area contributed by atoms with Gasteiger partial charge in [0.25, 0.3) is 0 Å². The fourth-order valence-corrected chi connectivity index (χ4v) is 4.24. The summed E-state index contributed by atoms with van der Waals surface area (Å²) in [6, 6.07) is 0. The molecule has 2 heteroatoms. The van der Waals surface area contributed by atoms with Gasteiger partial charge in [-0.15, -0.1) is 0 Å². The Morgan fingerprint density at radius 2 is 1.57 bits per heavy atom. The lowest BCUT2D eigenvalue weighted by Gasteiger charge is -2.37. The van der Waals surface area contributed by atoms with Crippen molar-refractivity contribution in [3.8, 4) is 0 Å². The van der Waals surface area contributed by atoms with Crippen LogP contribution in [0.3, 0.4) is 0 Å². The molecule has 1 aliphatic carbocycles. The molecule has 0 aromatic heterocycles. The summed E-state index contributed by atoms with van der Waals surface area (Å²) in [6.07, 6.45) is 3.35. The Balaban J connectivity index is 2.75. The molecule has 1 rings (SSSR count). The largest absolute Gasteiger partial charge is 0.417 e. The highest BCUT2D eigenvalue weighted by molar-refractivity contribution is 6.74. The highest BCUT2D eigenvalue weighted by atomic mass is 28.4. The molecule has 1 aliphatic rings. The SMILES string of the molecule is C=C(C)C1CC(C)=C(CCO[Si](C)(C)C(C)(C)C)CC1C(=C)C. The van der Waals surface area contributed by atoms with Crippen LogP contribution in [0, 0.1) is 11.8 Å². The fraction of sp³-hybridized carbons (Fsp3) is 0.714. The molecule has 2 atom stereocenters. The van der Waals surface area contributed by atoms with Crippen molar-refractivity contribution in [2.24, 2.45) is 11.8 Å². The molecule has 132 valence electrons. The van der Waals surface area contributed by atoms with Crippen molar-refractivity contribution >= 4 is 8.32 Å². The van der Waals surface area contributed by atoms with Gasteiger partial charge in [0.2, 0.25) is 0 Å². The van der Waals surface area contributed by atoms with E-state index in [1.165, 1.54) is 11.1 Å². The van der Waals surface area contributed by atoms with Crippen LogP contribution >= 0.6 is 0 Å². The van der Waals surface area contributed by atoms with Crippen LogP contribution in [-0.4, -0.2) is 14.9 Å². The molecule has 0 saturated carbocycles. The molecule has 0 spiro atoms. The Kier molecular flexibility index (Phi) is 6.69. The van der Waals surface area contributed by atoms with Crippen molar-refractivity contribution in [2.45, 2.75) is 78.9 Å². The van der Waals surface area contributed by atoms with E-state index in [1.807, 2.05) is 0 Å². The first-order valence-electron chi connectivity index (χ1n) is 8.99. The maximum atomic E-state index is 6.38. The van der Waals surface area contributed by atoms with E-state index in [4.69, 9.17) is 4.43 Å². The van der Waals surface area contributed by atoms with E-state index in [-0.39, 0.29) is 5.04 Å². The zero-order valence-corrected chi connectivity index (χ0v) is 17.8. The molecule has 0 fully saturated rings. The van der Waals surface area contributed by atoms with E-state index in [2.05, 4.69) is 67.8 Å². The molecule has 0 amide bonds. The molecule has 0 heterocycles. The zero-order chi connectivity index (χ0) is 18.0. The predicted octanol–water partition coefficient (Wildman–Crippen LogP) is 6.89. The average molecular weight is 335 g/mol. The van der Waals surface area contributed by atoms with Crippen LogP contribution in [0.1, 0.15) is 60.8 Å². The Morgan fingerprint density at radius 3 is 2.00 bits per heavy atom. The number of rotatable bonds is 6. The van der Waals surface area contributed by atoms with E-state index in [0.717, 1.165) is 25.9 Å². The van der Waals surface area contributed by atoms with Crippen LogP contribution in [0.25, 0.3) is 0 Å². The van der Waals surface area contributed by atoms with Gasteiger partial charge in [-0.1, -0.05) is 56.2 Å². The quantitative estimate of drug-likeness (QED) is 0.379. The van der Waals surface area contributed by atoms with E-state index in [9.17, 15) is 0 Å². The highest BCUT2D eigenvalue weighted by Gasteiger charge is 2.37. The first kappa shape index (κ1) is 20.4. The van der Waals surface area contributed by atoms with Crippen LogP contribution in [0.2, 0.25) is 18.1 Å². The second-order valence-electron chi connectivity index (χ2n) is 9.06. The summed E-state index contributed by atoms with van der Waals surface area (Å²) in [5.41, 5.74) is 5.74. The normalized spacial score (nSPS) is 23.1. The Bertz CT molecular complexity index is 490. The Morgan fingerprint density at radius 1 is 1.09 bits per heavy atom. The summed E-state index contributed by atoms with van der Waals surface area (Å²) in [5.74, 6) is 1.12. The molecule has 0 aromatic carbocycles. The summed E-state index contributed by atoms with van der Waals surface area (Å²) in [5, 5.41) is 0.286. The van der Waals surface area contributed by atoms with Crippen molar-refractivity contribution in [1.82, 2.24) is 0 Å². The molecule has 0 bridgehead atoms. The van der Waals surface area contributed by atoms with Crippen molar-refractivity contribution in [3.63, 3.8) is 0 Å². The molecule has 1 nitrogen and oxygen atoms in total. The lowest BCUT2D eigenvalue weighted by Crippen LogP contribution is -2.41. The molecule has 0 aromatic rings. The summed E-state index contributed by atoms with van der Waals surface area (Å²) in [6.45, 7) is 27.5. The van der Waals surface area contributed by atoms with E-state index in [0.29, 0.717) is 11.8 Å². The summed E-state index contributed by atoms with van der Waals surface area (Å²) >= 11 is 0. The second kappa shape index (κ2) is 7.52. The van der Waals surface area contributed by atoms with E-state index < -0.39 is 8.32 Å². The monoisotopic (exact) mass is 334 g/mol.